The second kappa shape index (κ2) is 4.96. The lowest BCUT2D eigenvalue weighted by atomic mass is 9.75. The van der Waals surface area contributed by atoms with Crippen LogP contribution in [0.3, 0.4) is 0 Å². The van der Waals surface area contributed by atoms with Crippen molar-refractivity contribution >= 4 is 33.5 Å². The molecule has 5 nitrogen and oxygen atoms in total. The molecule has 2 heterocycles. The minimum absolute atomic E-state index is 0.344. The third-order valence-corrected chi connectivity index (χ3v) is 4.73. The molecule has 0 radical (unpaired) electrons. The monoisotopic (exact) mass is 351 g/mol. The molecule has 0 aromatic heterocycles. The largest absolute Gasteiger partial charge is 0.481 e. The van der Waals surface area contributed by atoms with E-state index < -0.39 is 29.5 Å². The zero-order valence-electron chi connectivity index (χ0n) is 11.2. The minimum atomic E-state index is -1.01. The Hall–Kier alpha value is -1.66. The Morgan fingerprint density at radius 2 is 2.10 bits per heavy atom. The highest BCUT2D eigenvalue weighted by molar-refractivity contribution is 9.10. The molecule has 0 spiro atoms. The van der Waals surface area contributed by atoms with E-state index in [9.17, 15) is 14.7 Å². The molecular weight excluding hydrogens is 338 g/mol. The molecule has 1 fully saturated rings. The van der Waals surface area contributed by atoms with Crippen LogP contribution in [0.4, 0.5) is 5.69 Å². The van der Waals surface area contributed by atoms with Gasteiger partial charge in [0.25, 0.3) is 0 Å². The predicted octanol–water partition coefficient (Wildman–Crippen LogP) is 2.43. The lowest BCUT2D eigenvalue weighted by molar-refractivity contribution is -0.146. The molecular formula is C15H14BrNO4. The fourth-order valence-corrected chi connectivity index (χ4v) is 3.44. The molecule has 4 atom stereocenters. The van der Waals surface area contributed by atoms with Gasteiger partial charge in [0, 0.05) is 4.47 Å². The number of rotatable bonds is 3. The maximum Gasteiger partial charge on any atom is 0.310 e. The van der Waals surface area contributed by atoms with Crippen LogP contribution in [0, 0.1) is 11.8 Å². The lowest BCUT2D eigenvalue weighted by Crippen LogP contribution is -2.44. The number of para-hydroxylation sites is 1. The van der Waals surface area contributed by atoms with Crippen molar-refractivity contribution in [1.82, 2.24) is 0 Å². The Bertz CT molecular complexity index is 644. The summed E-state index contributed by atoms with van der Waals surface area (Å²) in [4.78, 5) is 24.0. The first-order valence-corrected chi connectivity index (χ1v) is 7.37. The fraction of sp³-hybridized carbons (Fsp3) is 0.333. The third-order valence-electron chi connectivity index (χ3n) is 4.04. The number of hydrogen-bond acceptors (Lipinski definition) is 3. The van der Waals surface area contributed by atoms with Gasteiger partial charge in [-0.3, -0.25) is 9.59 Å². The number of aliphatic carboxylic acids is 1. The number of carbonyl (C=O) groups excluding carboxylic acids is 1. The van der Waals surface area contributed by atoms with E-state index >= 15 is 0 Å². The zero-order valence-corrected chi connectivity index (χ0v) is 12.8. The number of carbonyl (C=O) groups is 2. The van der Waals surface area contributed by atoms with Gasteiger partial charge in [-0.05, 0) is 35.0 Å². The summed E-state index contributed by atoms with van der Waals surface area (Å²) in [6.45, 7) is 1.75. The van der Waals surface area contributed by atoms with Crippen molar-refractivity contribution in [3.05, 3.63) is 40.9 Å². The minimum Gasteiger partial charge on any atom is -0.481 e. The highest BCUT2D eigenvalue weighted by Gasteiger charge is 2.59. The van der Waals surface area contributed by atoms with E-state index in [2.05, 4.69) is 21.2 Å². The molecule has 1 amide bonds. The van der Waals surface area contributed by atoms with Gasteiger partial charge in [-0.15, -0.1) is 0 Å². The number of carboxylic acids is 1. The van der Waals surface area contributed by atoms with Crippen LogP contribution in [-0.4, -0.2) is 28.7 Å². The third kappa shape index (κ3) is 2.28. The van der Waals surface area contributed by atoms with Crippen LogP contribution in [0.2, 0.25) is 0 Å². The van der Waals surface area contributed by atoms with Gasteiger partial charge in [0.05, 0.1) is 23.3 Å². The fourth-order valence-electron chi connectivity index (χ4n) is 3.05. The number of benzene rings is 1. The number of ether oxygens (including phenoxy) is 1. The van der Waals surface area contributed by atoms with Gasteiger partial charge < -0.3 is 15.2 Å². The molecule has 0 aliphatic carbocycles. The number of anilines is 1. The van der Waals surface area contributed by atoms with Crippen LogP contribution in [0.5, 0.6) is 0 Å². The summed E-state index contributed by atoms with van der Waals surface area (Å²) in [7, 11) is 0. The standard InChI is InChI=1S/C15H14BrNO4/c1-15-7-6-10(21-15)11(14(19)20)12(15)13(18)17-9-5-3-2-4-8(9)16/h2-7,10-12H,1H3,(H,17,18)(H,19,20)/t10-,11+,12-,15+/m1/s1. The molecule has 2 bridgehead atoms. The summed E-state index contributed by atoms with van der Waals surface area (Å²) >= 11 is 3.36. The van der Waals surface area contributed by atoms with Crippen molar-refractivity contribution in [3.63, 3.8) is 0 Å². The Morgan fingerprint density at radius 3 is 2.76 bits per heavy atom. The van der Waals surface area contributed by atoms with Crippen molar-refractivity contribution in [1.29, 1.82) is 0 Å². The topological polar surface area (TPSA) is 75.6 Å². The Morgan fingerprint density at radius 1 is 1.38 bits per heavy atom. The number of amides is 1. The predicted molar refractivity (Wildman–Crippen MR) is 79.8 cm³/mol. The van der Waals surface area contributed by atoms with Crippen LogP contribution in [0.1, 0.15) is 6.92 Å². The van der Waals surface area contributed by atoms with Gasteiger partial charge in [-0.2, -0.15) is 0 Å². The molecule has 6 heteroatoms. The molecule has 1 saturated heterocycles. The van der Waals surface area contributed by atoms with Gasteiger partial charge >= 0.3 is 5.97 Å². The molecule has 2 aliphatic heterocycles. The van der Waals surface area contributed by atoms with Crippen LogP contribution < -0.4 is 5.32 Å². The Labute approximate surface area is 130 Å². The summed E-state index contributed by atoms with van der Waals surface area (Å²) in [5.41, 5.74) is -0.249. The van der Waals surface area contributed by atoms with E-state index in [4.69, 9.17) is 4.74 Å². The highest BCUT2D eigenvalue weighted by atomic mass is 79.9. The SMILES string of the molecule is C[C@@]12C=C[C@@H](O1)[C@H](C(=O)O)[C@@H]2C(=O)Nc1ccccc1Br. The molecule has 21 heavy (non-hydrogen) atoms. The quantitative estimate of drug-likeness (QED) is 0.820. The van der Waals surface area contributed by atoms with Gasteiger partial charge in [0.2, 0.25) is 5.91 Å². The van der Waals surface area contributed by atoms with E-state index in [1.54, 1.807) is 31.2 Å². The average Bonchev–Trinajstić information content (AvgIpc) is 2.94. The summed E-state index contributed by atoms with van der Waals surface area (Å²) in [5.74, 6) is -2.97. The van der Waals surface area contributed by atoms with Crippen LogP contribution in [0.15, 0.2) is 40.9 Å². The molecule has 0 unspecified atom stereocenters. The molecule has 0 saturated carbocycles. The number of fused-ring (bicyclic) bond motifs is 2. The molecule has 3 rings (SSSR count). The Balaban J connectivity index is 1.88. The normalized spacial score (nSPS) is 33.1. The average molecular weight is 352 g/mol. The first-order valence-electron chi connectivity index (χ1n) is 6.58. The van der Waals surface area contributed by atoms with Gasteiger partial charge in [-0.25, -0.2) is 0 Å². The zero-order chi connectivity index (χ0) is 15.2. The smallest absolute Gasteiger partial charge is 0.310 e. The van der Waals surface area contributed by atoms with Crippen molar-refractivity contribution < 1.29 is 19.4 Å². The number of nitrogens with one attached hydrogen (secondary N) is 1. The summed E-state index contributed by atoms with van der Waals surface area (Å²) in [6.07, 6.45) is 2.96. The van der Waals surface area contributed by atoms with Gasteiger partial charge in [0.15, 0.2) is 0 Å². The second-order valence-electron chi connectivity index (χ2n) is 5.44. The number of carboxylic acid groups (broad SMARTS) is 1. The molecule has 1 aromatic carbocycles. The molecule has 2 N–H and O–H groups in total. The number of hydrogen-bond donors (Lipinski definition) is 2. The molecule has 2 aliphatic rings. The number of halogens is 1. The van der Waals surface area contributed by atoms with Crippen molar-refractivity contribution in [2.24, 2.45) is 11.8 Å². The van der Waals surface area contributed by atoms with Crippen LogP contribution >= 0.6 is 15.9 Å². The maximum absolute atomic E-state index is 12.6. The molecule has 110 valence electrons. The van der Waals surface area contributed by atoms with Crippen LogP contribution in [0.25, 0.3) is 0 Å². The first-order chi connectivity index (χ1) is 9.92. The van der Waals surface area contributed by atoms with Crippen LogP contribution in [-0.2, 0) is 14.3 Å². The second-order valence-corrected chi connectivity index (χ2v) is 6.29. The van der Waals surface area contributed by atoms with E-state index in [0.717, 1.165) is 4.47 Å². The maximum atomic E-state index is 12.6. The summed E-state index contributed by atoms with van der Waals surface area (Å²) in [5, 5.41) is 12.2. The van der Waals surface area contributed by atoms with Crippen molar-refractivity contribution in [2.45, 2.75) is 18.6 Å². The van der Waals surface area contributed by atoms with Crippen molar-refractivity contribution in [3.8, 4) is 0 Å². The van der Waals surface area contributed by atoms with E-state index in [-0.39, 0.29) is 5.91 Å². The van der Waals surface area contributed by atoms with E-state index in [1.165, 1.54) is 0 Å². The summed E-state index contributed by atoms with van der Waals surface area (Å²) < 4.78 is 6.42. The van der Waals surface area contributed by atoms with E-state index in [0.29, 0.717) is 5.69 Å². The first kappa shape index (κ1) is 14.3. The Kier molecular flexibility index (Phi) is 3.37. The lowest BCUT2D eigenvalue weighted by Gasteiger charge is -2.28. The van der Waals surface area contributed by atoms with Gasteiger partial charge in [0.1, 0.15) is 5.92 Å². The highest BCUT2D eigenvalue weighted by Crippen LogP contribution is 2.47. The molecule has 1 aromatic rings. The van der Waals surface area contributed by atoms with Gasteiger partial charge in [-0.1, -0.05) is 24.3 Å². The van der Waals surface area contributed by atoms with E-state index in [1.807, 2.05) is 12.1 Å². The summed E-state index contributed by atoms with van der Waals surface area (Å²) in [6, 6.07) is 7.20. The van der Waals surface area contributed by atoms with Crippen molar-refractivity contribution in [2.75, 3.05) is 5.32 Å².